The molecule has 7 rings (SSSR count). The van der Waals surface area contributed by atoms with Crippen LogP contribution in [0.4, 0.5) is 0 Å². The zero-order valence-electron chi connectivity index (χ0n) is 20.5. The Balaban J connectivity index is 0.000000190. The molecule has 0 bridgehead atoms. The standard InChI is InChI=1S/C17H19Si2.C13H9.2ClH.Hf/c1-18(2)16-10-9-14-13-8-6-5-7-12(13)11-15(14)17(16)19(18,3)4;1-3-7-12-10(5-1)9-11-6-2-4-8-13(11)12;;;/h5-11H,1-4H3;1-9H;2*1H;/q2*-1;;;+4/p-2. The Morgan fingerprint density at radius 1 is 0.486 bits per heavy atom. The summed E-state index contributed by atoms with van der Waals surface area (Å²) in [4.78, 5) is 0. The Morgan fingerprint density at radius 3 is 1.43 bits per heavy atom. The van der Waals surface area contributed by atoms with Gasteiger partial charge >= 0.3 is 25.8 Å². The summed E-state index contributed by atoms with van der Waals surface area (Å²) in [5.74, 6) is 0. The van der Waals surface area contributed by atoms with Crippen molar-refractivity contribution < 1.29 is 50.7 Å². The molecule has 0 fully saturated rings. The third-order valence-electron chi connectivity index (χ3n) is 8.18. The van der Waals surface area contributed by atoms with E-state index in [1.807, 2.05) is 0 Å². The minimum Gasteiger partial charge on any atom is -1.00 e. The van der Waals surface area contributed by atoms with Crippen LogP contribution in [0.5, 0.6) is 0 Å². The van der Waals surface area contributed by atoms with Crippen LogP contribution in [0.2, 0.25) is 26.2 Å². The zero-order chi connectivity index (χ0) is 22.1. The fourth-order valence-electron chi connectivity index (χ4n) is 5.71. The monoisotopic (exact) mass is 694 g/mol. The van der Waals surface area contributed by atoms with Gasteiger partial charge in [-0.3, -0.25) is 0 Å². The summed E-state index contributed by atoms with van der Waals surface area (Å²) in [7, 11) is -2.31. The summed E-state index contributed by atoms with van der Waals surface area (Å²) in [5, 5.41) is 14.7. The van der Waals surface area contributed by atoms with E-state index in [9.17, 15) is 0 Å². The van der Waals surface area contributed by atoms with Gasteiger partial charge in [0.25, 0.3) is 0 Å². The third-order valence-corrected chi connectivity index (χ3v) is 26.0. The number of rotatable bonds is 0. The van der Waals surface area contributed by atoms with Crippen molar-refractivity contribution in [3.8, 4) is 0 Å². The smallest absolute Gasteiger partial charge is 1.00 e. The van der Waals surface area contributed by atoms with E-state index in [-0.39, 0.29) is 50.7 Å². The Bertz CT molecular complexity index is 1590. The van der Waals surface area contributed by atoms with Crippen LogP contribution in [0.25, 0.3) is 43.1 Å². The summed E-state index contributed by atoms with van der Waals surface area (Å²) < 4.78 is 0. The van der Waals surface area contributed by atoms with Crippen LogP contribution in [0.15, 0.2) is 97.1 Å². The first kappa shape index (κ1) is 28.1. The molecule has 5 heteroatoms. The SMILES string of the molecule is C[Si]1(C)c2ccc3c([cH-]c4ccccc43)c2[Si]1(C)C.[Cl-].[Cl-].[Hf+4].c1ccc2c(c1)[cH-]c1ccccc12. The molecule has 0 atom stereocenters. The predicted octanol–water partition coefficient (Wildman–Crippen LogP) is 1.35. The van der Waals surface area contributed by atoms with Crippen LogP contribution in [0, 0.1) is 0 Å². The van der Waals surface area contributed by atoms with Crippen molar-refractivity contribution in [1.82, 2.24) is 0 Å². The van der Waals surface area contributed by atoms with Crippen LogP contribution < -0.4 is 35.2 Å². The van der Waals surface area contributed by atoms with E-state index in [0.717, 1.165) is 0 Å². The molecule has 0 saturated carbocycles. The van der Waals surface area contributed by atoms with Crippen molar-refractivity contribution in [2.45, 2.75) is 26.2 Å². The maximum absolute atomic E-state index is 2.58. The van der Waals surface area contributed by atoms with Crippen molar-refractivity contribution in [2.75, 3.05) is 0 Å². The molecule has 35 heavy (non-hydrogen) atoms. The normalized spacial score (nSPS) is 14.6. The second-order valence-electron chi connectivity index (χ2n) is 10.2. The maximum Gasteiger partial charge on any atom is 4.00 e. The minimum atomic E-state index is -1.19. The van der Waals surface area contributed by atoms with Gasteiger partial charge in [0.1, 0.15) is 0 Å². The number of benzene rings is 4. The van der Waals surface area contributed by atoms with Crippen LogP contribution in [-0.2, 0) is 25.8 Å². The van der Waals surface area contributed by atoms with Gasteiger partial charge in [0.2, 0.25) is 0 Å². The van der Waals surface area contributed by atoms with Crippen molar-refractivity contribution in [3.63, 3.8) is 0 Å². The molecule has 1 aliphatic rings. The Kier molecular flexibility index (Phi) is 8.11. The number of fused-ring (bicyclic) bond motifs is 8. The molecule has 0 saturated heterocycles. The molecule has 0 N–H and O–H groups in total. The first-order chi connectivity index (χ1) is 15.4. The van der Waals surface area contributed by atoms with Crippen molar-refractivity contribution in [3.05, 3.63) is 97.1 Å². The van der Waals surface area contributed by atoms with Crippen molar-refractivity contribution >= 4 is 68.6 Å². The van der Waals surface area contributed by atoms with E-state index in [1.165, 1.54) is 37.7 Å². The molecule has 6 aromatic rings. The predicted molar refractivity (Wildman–Crippen MR) is 148 cm³/mol. The van der Waals surface area contributed by atoms with Gasteiger partial charge in [-0.25, -0.2) is 0 Å². The third kappa shape index (κ3) is 4.14. The van der Waals surface area contributed by atoms with Gasteiger partial charge in [0.15, 0.2) is 0 Å². The summed E-state index contributed by atoms with van der Waals surface area (Å²) >= 11 is 0. The molecule has 0 aliphatic carbocycles. The average molecular weight is 694 g/mol. The molecule has 1 heterocycles. The molecule has 0 spiro atoms. The summed E-state index contributed by atoms with van der Waals surface area (Å²) in [5.41, 5.74) is 0. The molecule has 0 aromatic heterocycles. The van der Waals surface area contributed by atoms with Crippen molar-refractivity contribution in [1.29, 1.82) is 0 Å². The second kappa shape index (κ2) is 10.1. The first-order valence-corrected chi connectivity index (χ1v) is 18.5. The Morgan fingerprint density at radius 2 is 0.914 bits per heavy atom. The summed E-state index contributed by atoms with van der Waals surface area (Å²) in [6, 6.07) is 35.3. The molecular formula is C30H28Cl2HfSi2. The van der Waals surface area contributed by atoms with Gasteiger partial charge in [0.05, 0.1) is 7.59 Å². The van der Waals surface area contributed by atoms with E-state index < -0.39 is 15.2 Å². The minimum absolute atomic E-state index is 0. The number of hydrogen-bond donors (Lipinski definition) is 0. The van der Waals surface area contributed by atoms with Crippen LogP contribution in [0.1, 0.15) is 0 Å². The van der Waals surface area contributed by atoms with Gasteiger partial charge in [-0.05, 0) is 0 Å². The summed E-state index contributed by atoms with van der Waals surface area (Å²) in [6.07, 6.45) is 0. The maximum atomic E-state index is 2.58. The molecular weight excluding hydrogens is 666 g/mol. The quantitative estimate of drug-likeness (QED) is 0.167. The fraction of sp³-hybridized carbons (Fsp3) is 0.133. The van der Waals surface area contributed by atoms with E-state index in [0.29, 0.717) is 0 Å². The van der Waals surface area contributed by atoms with E-state index >= 15 is 0 Å². The molecule has 0 amide bonds. The van der Waals surface area contributed by atoms with Gasteiger partial charge in [-0.2, -0.15) is 0 Å². The van der Waals surface area contributed by atoms with Gasteiger partial charge < -0.3 is 24.8 Å². The van der Waals surface area contributed by atoms with Crippen LogP contribution >= 0.6 is 0 Å². The number of hydrogen-bond acceptors (Lipinski definition) is 0. The van der Waals surface area contributed by atoms with E-state index in [1.54, 1.807) is 15.8 Å². The molecule has 0 unspecified atom stereocenters. The van der Waals surface area contributed by atoms with E-state index in [2.05, 4.69) is 123 Å². The largest absolute Gasteiger partial charge is 4.00 e. The first-order valence-electron chi connectivity index (χ1n) is 11.5. The topological polar surface area (TPSA) is 0 Å². The van der Waals surface area contributed by atoms with Crippen molar-refractivity contribution in [2.24, 2.45) is 0 Å². The summed E-state index contributed by atoms with van der Waals surface area (Å²) in [6.45, 7) is 10.3. The average Bonchev–Trinajstić information content (AvgIpc) is 3.36. The van der Waals surface area contributed by atoms with Crippen LogP contribution in [0.3, 0.4) is 0 Å². The molecule has 6 aromatic carbocycles. The molecule has 174 valence electrons. The van der Waals surface area contributed by atoms with E-state index in [4.69, 9.17) is 0 Å². The Labute approximate surface area is 240 Å². The molecule has 0 radical (unpaired) electrons. The van der Waals surface area contributed by atoms with Gasteiger partial charge in [-0.1, -0.05) is 98.1 Å². The van der Waals surface area contributed by atoms with Gasteiger partial charge in [-0.15, -0.1) is 78.6 Å². The van der Waals surface area contributed by atoms with Crippen LogP contribution in [-0.4, -0.2) is 15.2 Å². The second-order valence-corrected chi connectivity index (χ2v) is 25.3. The zero-order valence-corrected chi connectivity index (χ0v) is 27.6. The molecule has 0 nitrogen and oxygen atoms in total. The molecule has 1 aliphatic heterocycles. The fourth-order valence-corrected chi connectivity index (χ4v) is 16.2. The van der Waals surface area contributed by atoms with Gasteiger partial charge in [0, 0.05) is 7.59 Å². The Hall–Kier alpha value is -1.50. The number of halogens is 2.